The molecule has 110 valence electrons. The van der Waals surface area contributed by atoms with Gasteiger partial charge in [0.25, 0.3) is 11.5 Å². The molecular weight excluding hydrogens is 306 g/mol. The summed E-state index contributed by atoms with van der Waals surface area (Å²) >= 11 is 5.64. The molecule has 0 aromatic carbocycles. The van der Waals surface area contributed by atoms with Gasteiger partial charge in [0, 0.05) is 12.3 Å². The second-order valence-electron chi connectivity index (χ2n) is 4.44. The zero-order valence-electron chi connectivity index (χ0n) is 11.2. The molecule has 0 radical (unpaired) electrons. The van der Waals surface area contributed by atoms with Crippen LogP contribution < -0.4 is 10.9 Å². The van der Waals surface area contributed by atoms with E-state index in [4.69, 9.17) is 11.6 Å². The topological polar surface area (TPSA) is 89.2 Å². The van der Waals surface area contributed by atoms with Crippen molar-refractivity contribution < 1.29 is 4.79 Å². The van der Waals surface area contributed by atoms with Crippen molar-refractivity contribution in [2.45, 2.75) is 6.54 Å². The number of hydrogen-bond acceptors (Lipinski definition) is 5. The van der Waals surface area contributed by atoms with Crippen molar-refractivity contribution in [1.29, 1.82) is 0 Å². The van der Waals surface area contributed by atoms with Crippen molar-refractivity contribution in [3.8, 4) is 0 Å². The summed E-state index contributed by atoms with van der Waals surface area (Å²) in [6, 6.07) is 9.54. The van der Waals surface area contributed by atoms with E-state index in [-0.39, 0.29) is 23.0 Å². The van der Waals surface area contributed by atoms with Crippen LogP contribution in [0.5, 0.6) is 0 Å². The molecule has 0 fully saturated rings. The van der Waals surface area contributed by atoms with E-state index in [9.17, 15) is 9.59 Å². The molecule has 0 saturated carbocycles. The highest BCUT2D eigenvalue weighted by atomic mass is 35.5. The number of pyridine rings is 1. The predicted molar refractivity (Wildman–Crippen MR) is 79.7 cm³/mol. The third kappa shape index (κ3) is 2.94. The molecule has 8 heteroatoms. The lowest BCUT2D eigenvalue weighted by atomic mass is 10.3. The van der Waals surface area contributed by atoms with E-state index in [1.54, 1.807) is 36.5 Å². The number of rotatable bonds is 3. The minimum absolute atomic E-state index is 0.0538. The number of hydrogen-bond donors (Lipinski definition) is 1. The van der Waals surface area contributed by atoms with Gasteiger partial charge in [-0.2, -0.15) is 5.10 Å². The normalized spacial score (nSPS) is 10.6. The Balaban J connectivity index is 1.80. The van der Waals surface area contributed by atoms with Crippen molar-refractivity contribution in [2.75, 3.05) is 0 Å². The first-order chi connectivity index (χ1) is 10.6. The van der Waals surface area contributed by atoms with Crippen LogP contribution in [0.25, 0.3) is 5.65 Å². The second kappa shape index (κ2) is 5.90. The van der Waals surface area contributed by atoms with Crippen LogP contribution in [0.3, 0.4) is 0 Å². The number of carbonyl (C=O) groups excluding carboxylic acids is 1. The molecule has 0 spiro atoms. The van der Waals surface area contributed by atoms with Crippen LogP contribution in [0.1, 0.15) is 16.2 Å². The third-order valence-electron chi connectivity index (χ3n) is 2.92. The SMILES string of the molecule is O=C(NCc1ccc(Cl)nn1)c1cc(=O)n2ccccc2n1. The summed E-state index contributed by atoms with van der Waals surface area (Å²) in [5.74, 6) is -0.458. The van der Waals surface area contributed by atoms with Gasteiger partial charge in [0.15, 0.2) is 5.15 Å². The molecule has 3 heterocycles. The number of carbonyl (C=O) groups is 1. The number of halogens is 1. The average molecular weight is 316 g/mol. The van der Waals surface area contributed by atoms with Crippen LogP contribution in [0.2, 0.25) is 5.15 Å². The Hall–Kier alpha value is -2.80. The molecule has 7 nitrogen and oxygen atoms in total. The zero-order chi connectivity index (χ0) is 15.5. The molecule has 1 N–H and O–H groups in total. The molecule has 3 rings (SSSR count). The molecule has 3 aromatic heterocycles. The Morgan fingerprint density at radius 3 is 2.86 bits per heavy atom. The Morgan fingerprint density at radius 1 is 1.23 bits per heavy atom. The van der Waals surface area contributed by atoms with Crippen molar-refractivity contribution in [1.82, 2.24) is 24.9 Å². The number of nitrogens with one attached hydrogen (secondary N) is 1. The van der Waals surface area contributed by atoms with Crippen LogP contribution in [-0.4, -0.2) is 25.5 Å². The van der Waals surface area contributed by atoms with Gasteiger partial charge < -0.3 is 5.32 Å². The van der Waals surface area contributed by atoms with Crippen LogP contribution in [-0.2, 0) is 6.54 Å². The third-order valence-corrected chi connectivity index (χ3v) is 3.12. The standard InChI is InChI=1S/C14H10ClN5O2/c15-11-5-4-9(18-19-11)8-16-14(22)10-7-13(21)20-6-2-1-3-12(20)17-10/h1-7H,8H2,(H,16,22). The van der Waals surface area contributed by atoms with Crippen LogP contribution in [0.15, 0.2) is 47.4 Å². The molecule has 0 aliphatic rings. The van der Waals surface area contributed by atoms with Gasteiger partial charge in [-0.25, -0.2) is 4.98 Å². The van der Waals surface area contributed by atoms with Gasteiger partial charge in [0.05, 0.1) is 12.2 Å². The van der Waals surface area contributed by atoms with Gasteiger partial charge in [0.1, 0.15) is 11.3 Å². The maximum atomic E-state index is 12.1. The van der Waals surface area contributed by atoms with Crippen LogP contribution in [0.4, 0.5) is 0 Å². The van der Waals surface area contributed by atoms with E-state index in [0.717, 1.165) is 0 Å². The van der Waals surface area contributed by atoms with E-state index in [1.807, 2.05) is 0 Å². The van der Waals surface area contributed by atoms with Crippen LogP contribution in [0, 0.1) is 0 Å². The van der Waals surface area contributed by atoms with Gasteiger partial charge >= 0.3 is 0 Å². The molecule has 0 atom stereocenters. The van der Waals surface area contributed by atoms with Crippen molar-refractivity contribution >= 4 is 23.2 Å². The molecule has 3 aromatic rings. The Bertz CT molecular complexity index is 892. The van der Waals surface area contributed by atoms with E-state index in [0.29, 0.717) is 11.3 Å². The van der Waals surface area contributed by atoms with Crippen molar-refractivity contribution in [2.24, 2.45) is 0 Å². The lowest BCUT2D eigenvalue weighted by Gasteiger charge is -2.05. The molecule has 1 amide bonds. The number of nitrogens with zero attached hydrogens (tertiary/aromatic N) is 4. The summed E-state index contributed by atoms with van der Waals surface area (Å²) in [4.78, 5) is 28.2. The summed E-state index contributed by atoms with van der Waals surface area (Å²) in [7, 11) is 0. The highest BCUT2D eigenvalue weighted by Crippen LogP contribution is 2.03. The first kappa shape index (κ1) is 14.2. The fourth-order valence-electron chi connectivity index (χ4n) is 1.87. The lowest BCUT2D eigenvalue weighted by molar-refractivity contribution is 0.0945. The second-order valence-corrected chi connectivity index (χ2v) is 4.83. The summed E-state index contributed by atoms with van der Waals surface area (Å²) in [6.07, 6.45) is 1.59. The van der Waals surface area contributed by atoms with E-state index in [1.165, 1.54) is 10.5 Å². The number of aromatic nitrogens is 4. The van der Waals surface area contributed by atoms with Crippen molar-refractivity contribution in [3.63, 3.8) is 0 Å². The van der Waals surface area contributed by atoms with Gasteiger partial charge in [-0.05, 0) is 24.3 Å². The molecule has 0 aliphatic carbocycles. The smallest absolute Gasteiger partial charge is 0.270 e. The monoisotopic (exact) mass is 315 g/mol. The van der Waals surface area contributed by atoms with E-state index < -0.39 is 5.91 Å². The molecule has 0 bridgehead atoms. The Labute approximate surface area is 129 Å². The summed E-state index contributed by atoms with van der Waals surface area (Å²) in [5.41, 5.74) is 0.696. The summed E-state index contributed by atoms with van der Waals surface area (Å²) in [6.45, 7) is 0.166. The van der Waals surface area contributed by atoms with E-state index >= 15 is 0 Å². The highest BCUT2D eigenvalue weighted by molar-refractivity contribution is 6.29. The highest BCUT2D eigenvalue weighted by Gasteiger charge is 2.10. The van der Waals surface area contributed by atoms with Gasteiger partial charge in [0.2, 0.25) is 0 Å². The zero-order valence-corrected chi connectivity index (χ0v) is 12.0. The number of amides is 1. The molecule has 0 saturated heterocycles. The lowest BCUT2D eigenvalue weighted by Crippen LogP contribution is -2.27. The maximum Gasteiger partial charge on any atom is 0.270 e. The fraction of sp³-hybridized carbons (Fsp3) is 0.0714. The fourth-order valence-corrected chi connectivity index (χ4v) is 1.97. The van der Waals surface area contributed by atoms with Gasteiger partial charge in [-0.1, -0.05) is 17.7 Å². The largest absolute Gasteiger partial charge is 0.345 e. The first-order valence-electron chi connectivity index (χ1n) is 6.38. The van der Waals surface area contributed by atoms with Gasteiger partial charge in [-0.3, -0.25) is 14.0 Å². The van der Waals surface area contributed by atoms with E-state index in [2.05, 4.69) is 20.5 Å². The molecular formula is C14H10ClN5O2. The minimum Gasteiger partial charge on any atom is -0.345 e. The summed E-state index contributed by atoms with van der Waals surface area (Å²) in [5, 5.41) is 10.4. The predicted octanol–water partition coefficient (Wildman–Crippen LogP) is 1.07. The molecule has 0 aliphatic heterocycles. The van der Waals surface area contributed by atoms with Crippen molar-refractivity contribution in [3.05, 3.63) is 69.5 Å². The van der Waals surface area contributed by atoms with Crippen LogP contribution >= 0.6 is 11.6 Å². The molecule has 22 heavy (non-hydrogen) atoms. The summed E-state index contributed by atoms with van der Waals surface area (Å²) < 4.78 is 1.36. The van der Waals surface area contributed by atoms with Gasteiger partial charge in [-0.15, -0.1) is 5.10 Å². The number of fused-ring (bicyclic) bond motifs is 1. The Morgan fingerprint density at radius 2 is 2.09 bits per heavy atom. The Kier molecular flexibility index (Phi) is 3.80. The first-order valence-corrected chi connectivity index (χ1v) is 6.76. The average Bonchev–Trinajstić information content (AvgIpc) is 2.54. The quantitative estimate of drug-likeness (QED) is 0.781. The molecule has 0 unspecified atom stereocenters. The minimum atomic E-state index is -0.458. The maximum absolute atomic E-state index is 12.1.